The molecule has 0 bridgehead atoms. The Morgan fingerprint density at radius 3 is 2.45 bits per heavy atom. The summed E-state index contributed by atoms with van der Waals surface area (Å²) in [4.78, 5) is 0. The normalized spacial score (nSPS) is 11.8. The Labute approximate surface area is 67.3 Å². The van der Waals surface area contributed by atoms with Gasteiger partial charge in [-0.25, -0.2) is 0 Å². The second-order valence-corrected chi connectivity index (χ2v) is 4.03. The first-order valence-corrected chi connectivity index (χ1v) is 5.18. The van der Waals surface area contributed by atoms with E-state index in [2.05, 4.69) is 4.18 Å². The average Bonchev–Trinajstić information content (AvgIpc) is 1.99. The standard InChI is InChI=1S/C6H14O4S/c1-2-11(8,9)10-6-4-3-5-7/h7H,2-6H2,1H3. The molecule has 0 atom stereocenters. The van der Waals surface area contributed by atoms with Gasteiger partial charge >= 0.3 is 0 Å². The van der Waals surface area contributed by atoms with Crippen LogP contribution in [-0.2, 0) is 14.3 Å². The molecular formula is C6H14O4S. The first kappa shape index (κ1) is 10.9. The summed E-state index contributed by atoms with van der Waals surface area (Å²) in [5.74, 6) is 0.00608. The SMILES string of the molecule is CCS(=O)(=O)OCCCCO. The van der Waals surface area contributed by atoms with Crippen molar-refractivity contribution in [2.75, 3.05) is 19.0 Å². The van der Waals surface area contributed by atoms with E-state index in [1.54, 1.807) is 0 Å². The minimum absolute atomic E-state index is 0.00608. The van der Waals surface area contributed by atoms with Gasteiger partial charge < -0.3 is 5.11 Å². The minimum Gasteiger partial charge on any atom is -0.396 e. The Morgan fingerprint density at radius 1 is 1.36 bits per heavy atom. The second kappa shape index (κ2) is 5.51. The summed E-state index contributed by atoms with van der Waals surface area (Å²) in [5, 5.41) is 8.35. The molecule has 0 aliphatic heterocycles. The quantitative estimate of drug-likeness (QED) is 0.468. The minimum atomic E-state index is -3.28. The number of aliphatic hydroxyl groups excluding tert-OH is 1. The van der Waals surface area contributed by atoms with Crippen LogP contribution in [0.2, 0.25) is 0 Å². The molecule has 0 aromatic rings. The predicted octanol–water partition coefficient (Wildman–Crippen LogP) is 0.125. The van der Waals surface area contributed by atoms with Crippen LogP contribution in [-0.4, -0.2) is 32.5 Å². The van der Waals surface area contributed by atoms with Gasteiger partial charge in [0.25, 0.3) is 10.1 Å². The van der Waals surface area contributed by atoms with Crippen molar-refractivity contribution in [1.82, 2.24) is 0 Å². The maximum absolute atomic E-state index is 10.7. The molecule has 5 heteroatoms. The molecule has 1 N–H and O–H groups in total. The van der Waals surface area contributed by atoms with Crippen LogP contribution < -0.4 is 0 Å². The molecule has 11 heavy (non-hydrogen) atoms. The van der Waals surface area contributed by atoms with Gasteiger partial charge in [-0.15, -0.1) is 0 Å². The van der Waals surface area contributed by atoms with Gasteiger partial charge in [0.15, 0.2) is 0 Å². The highest BCUT2D eigenvalue weighted by molar-refractivity contribution is 7.86. The maximum atomic E-state index is 10.7. The second-order valence-electron chi connectivity index (χ2n) is 2.10. The number of aliphatic hydroxyl groups is 1. The molecule has 68 valence electrons. The van der Waals surface area contributed by atoms with Crippen LogP contribution in [0.3, 0.4) is 0 Å². The van der Waals surface area contributed by atoms with Crippen LogP contribution in [0.5, 0.6) is 0 Å². The van der Waals surface area contributed by atoms with Crippen LogP contribution in [0.15, 0.2) is 0 Å². The van der Waals surface area contributed by atoms with E-state index < -0.39 is 10.1 Å². The molecule has 0 unspecified atom stereocenters. The lowest BCUT2D eigenvalue weighted by Gasteiger charge is -2.00. The molecule has 0 aromatic heterocycles. The van der Waals surface area contributed by atoms with Crippen molar-refractivity contribution < 1.29 is 17.7 Å². The van der Waals surface area contributed by atoms with Crippen molar-refractivity contribution in [3.63, 3.8) is 0 Å². The van der Waals surface area contributed by atoms with Gasteiger partial charge in [-0.05, 0) is 19.8 Å². The summed E-state index contributed by atoms with van der Waals surface area (Å²) >= 11 is 0. The zero-order chi connectivity index (χ0) is 8.74. The molecule has 0 amide bonds. The van der Waals surface area contributed by atoms with E-state index in [-0.39, 0.29) is 19.0 Å². The van der Waals surface area contributed by atoms with Crippen molar-refractivity contribution >= 4 is 10.1 Å². The Morgan fingerprint density at radius 2 is 2.00 bits per heavy atom. The first-order chi connectivity index (χ1) is 5.12. The average molecular weight is 182 g/mol. The maximum Gasteiger partial charge on any atom is 0.267 e. The van der Waals surface area contributed by atoms with Crippen molar-refractivity contribution in [3.05, 3.63) is 0 Å². The molecule has 4 nitrogen and oxygen atoms in total. The molecule has 0 saturated carbocycles. The van der Waals surface area contributed by atoms with Crippen LogP contribution >= 0.6 is 0 Å². The smallest absolute Gasteiger partial charge is 0.267 e. The molecular weight excluding hydrogens is 168 g/mol. The Kier molecular flexibility index (Phi) is 5.45. The van der Waals surface area contributed by atoms with Gasteiger partial charge in [-0.3, -0.25) is 4.18 Å². The molecule has 0 aromatic carbocycles. The van der Waals surface area contributed by atoms with E-state index in [9.17, 15) is 8.42 Å². The van der Waals surface area contributed by atoms with Gasteiger partial charge in [0, 0.05) is 6.61 Å². The van der Waals surface area contributed by atoms with E-state index >= 15 is 0 Å². The highest BCUT2D eigenvalue weighted by atomic mass is 32.2. The van der Waals surface area contributed by atoms with Gasteiger partial charge in [-0.1, -0.05) is 0 Å². The molecule has 0 spiro atoms. The highest BCUT2D eigenvalue weighted by Gasteiger charge is 2.05. The summed E-state index contributed by atoms with van der Waals surface area (Å²) in [5.41, 5.74) is 0. The summed E-state index contributed by atoms with van der Waals surface area (Å²) < 4.78 is 25.9. The van der Waals surface area contributed by atoms with E-state index in [0.717, 1.165) is 0 Å². The van der Waals surface area contributed by atoms with Gasteiger partial charge in [0.2, 0.25) is 0 Å². The lowest BCUT2D eigenvalue weighted by Crippen LogP contribution is -2.09. The summed E-state index contributed by atoms with van der Waals surface area (Å²) in [6.45, 7) is 1.79. The van der Waals surface area contributed by atoms with Crippen LogP contribution in [0, 0.1) is 0 Å². The largest absolute Gasteiger partial charge is 0.396 e. The summed E-state index contributed by atoms with van der Waals surface area (Å²) in [6, 6.07) is 0. The lowest BCUT2D eigenvalue weighted by molar-refractivity contribution is 0.255. The fourth-order valence-electron chi connectivity index (χ4n) is 0.483. The van der Waals surface area contributed by atoms with Crippen molar-refractivity contribution in [3.8, 4) is 0 Å². The molecule has 0 aliphatic rings. The van der Waals surface area contributed by atoms with E-state index in [1.165, 1.54) is 6.92 Å². The third-order valence-corrected chi connectivity index (χ3v) is 2.40. The zero-order valence-electron chi connectivity index (χ0n) is 6.62. The molecule has 0 fully saturated rings. The number of unbranched alkanes of at least 4 members (excludes halogenated alkanes) is 1. The van der Waals surface area contributed by atoms with Crippen molar-refractivity contribution in [1.29, 1.82) is 0 Å². The van der Waals surface area contributed by atoms with Gasteiger partial charge in [0.1, 0.15) is 0 Å². The third-order valence-electron chi connectivity index (χ3n) is 1.17. The van der Waals surface area contributed by atoms with Gasteiger partial charge in [-0.2, -0.15) is 8.42 Å². The number of hydrogen-bond acceptors (Lipinski definition) is 4. The van der Waals surface area contributed by atoms with Crippen LogP contribution in [0.1, 0.15) is 19.8 Å². The van der Waals surface area contributed by atoms with Crippen molar-refractivity contribution in [2.45, 2.75) is 19.8 Å². The molecule has 0 saturated heterocycles. The monoisotopic (exact) mass is 182 g/mol. The number of rotatable bonds is 6. The predicted molar refractivity (Wildman–Crippen MR) is 41.7 cm³/mol. The van der Waals surface area contributed by atoms with Crippen LogP contribution in [0.25, 0.3) is 0 Å². The Bertz CT molecular complexity index is 173. The zero-order valence-corrected chi connectivity index (χ0v) is 7.43. The molecule has 0 heterocycles. The van der Waals surface area contributed by atoms with E-state index in [4.69, 9.17) is 5.11 Å². The molecule has 0 radical (unpaired) electrons. The molecule has 0 aliphatic carbocycles. The van der Waals surface area contributed by atoms with Crippen LogP contribution in [0.4, 0.5) is 0 Å². The summed E-state index contributed by atoms with van der Waals surface area (Å²) in [7, 11) is -3.28. The fraction of sp³-hybridized carbons (Fsp3) is 1.00. The highest BCUT2D eigenvalue weighted by Crippen LogP contribution is 1.95. The summed E-state index contributed by atoms with van der Waals surface area (Å²) in [6.07, 6.45) is 1.16. The van der Waals surface area contributed by atoms with E-state index in [0.29, 0.717) is 12.8 Å². The Balaban J connectivity index is 3.39. The van der Waals surface area contributed by atoms with E-state index in [1.807, 2.05) is 0 Å². The van der Waals surface area contributed by atoms with Gasteiger partial charge in [0.05, 0.1) is 12.4 Å². The first-order valence-electron chi connectivity index (χ1n) is 3.60. The Hall–Kier alpha value is -0.130. The fourth-order valence-corrected chi connectivity index (χ4v) is 1.02. The molecule has 0 rings (SSSR count). The van der Waals surface area contributed by atoms with Crippen molar-refractivity contribution in [2.24, 2.45) is 0 Å². The number of hydrogen-bond donors (Lipinski definition) is 1. The topological polar surface area (TPSA) is 63.6 Å². The lowest BCUT2D eigenvalue weighted by atomic mass is 10.3. The third kappa shape index (κ3) is 6.28.